The van der Waals surface area contributed by atoms with E-state index in [0.717, 1.165) is 6.54 Å². The first-order chi connectivity index (χ1) is 10.1. The summed E-state index contributed by atoms with van der Waals surface area (Å²) in [7, 11) is 0. The van der Waals surface area contributed by atoms with Crippen LogP contribution in [0.3, 0.4) is 0 Å². The number of nitrogens with zero attached hydrogens (tertiary/aromatic N) is 1. The van der Waals surface area contributed by atoms with Crippen LogP contribution in [-0.2, 0) is 0 Å². The third-order valence-electron chi connectivity index (χ3n) is 5.04. The Morgan fingerprint density at radius 3 is 2.55 bits per heavy atom. The molecule has 1 fully saturated rings. The third kappa shape index (κ3) is 3.62. The Balaban J connectivity index is 0.00000176. The van der Waals surface area contributed by atoms with Crippen molar-refractivity contribution in [2.24, 2.45) is 11.7 Å². The number of likely N-dealkylation sites (tertiary alicyclic amines) is 1. The number of hydrogen-bond acceptors (Lipinski definition) is 2. The van der Waals surface area contributed by atoms with Crippen molar-refractivity contribution in [1.29, 1.82) is 0 Å². The first-order valence-electron chi connectivity index (χ1n) is 8.13. The number of rotatable bonds is 3. The van der Waals surface area contributed by atoms with Crippen molar-refractivity contribution in [2.75, 3.05) is 13.1 Å². The molecular formula is C19H27ClN2. The average molecular weight is 319 g/mol. The van der Waals surface area contributed by atoms with Crippen molar-refractivity contribution in [2.45, 2.75) is 38.8 Å². The molecule has 0 aromatic heterocycles. The fraction of sp³-hybridized carbons (Fsp3) is 0.474. The molecule has 1 heterocycles. The summed E-state index contributed by atoms with van der Waals surface area (Å²) in [6, 6.07) is 16.2. The molecule has 0 amide bonds. The van der Waals surface area contributed by atoms with Gasteiger partial charge in [-0.1, -0.05) is 36.4 Å². The van der Waals surface area contributed by atoms with Crippen LogP contribution in [0.15, 0.2) is 42.5 Å². The molecule has 0 radical (unpaired) electrons. The van der Waals surface area contributed by atoms with Gasteiger partial charge in [-0.25, -0.2) is 0 Å². The quantitative estimate of drug-likeness (QED) is 0.910. The van der Waals surface area contributed by atoms with Crippen molar-refractivity contribution in [3.63, 3.8) is 0 Å². The molecule has 0 bridgehead atoms. The summed E-state index contributed by atoms with van der Waals surface area (Å²) in [6.45, 7) is 6.80. The highest BCUT2D eigenvalue weighted by atomic mass is 35.5. The standard InChI is InChI=1S/C19H26N2.ClH/c1-14(20)19-8-5-11-21(13-19)15(2)17-10-9-16-6-3-4-7-18(16)12-17;/h3-4,6-7,9-10,12,14-15,19H,5,8,11,13,20H2,1-2H3;1H. The minimum absolute atomic E-state index is 0. The SMILES string of the molecule is CC(N)C1CCCN(C(C)c2ccc3ccccc3c2)C1.Cl. The van der Waals surface area contributed by atoms with Gasteiger partial charge in [0.25, 0.3) is 0 Å². The van der Waals surface area contributed by atoms with Crippen molar-refractivity contribution in [3.8, 4) is 0 Å². The zero-order valence-corrected chi connectivity index (χ0v) is 14.4. The Morgan fingerprint density at radius 2 is 1.82 bits per heavy atom. The highest BCUT2D eigenvalue weighted by molar-refractivity contribution is 5.85. The molecule has 3 unspecified atom stereocenters. The normalized spacial score (nSPS) is 22.0. The van der Waals surface area contributed by atoms with Gasteiger partial charge >= 0.3 is 0 Å². The summed E-state index contributed by atoms with van der Waals surface area (Å²) in [6.07, 6.45) is 2.54. The first kappa shape index (κ1) is 17.3. The van der Waals surface area contributed by atoms with Crippen LogP contribution in [0.2, 0.25) is 0 Å². The number of fused-ring (bicyclic) bond motifs is 1. The molecule has 2 nitrogen and oxygen atoms in total. The fourth-order valence-electron chi connectivity index (χ4n) is 3.50. The summed E-state index contributed by atoms with van der Waals surface area (Å²) in [5.74, 6) is 0.640. The van der Waals surface area contributed by atoms with Crippen LogP contribution < -0.4 is 5.73 Å². The van der Waals surface area contributed by atoms with E-state index in [1.165, 1.54) is 35.7 Å². The second kappa shape index (κ2) is 7.45. The minimum Gasteiger partial charge on any atom is -0.328 e. The topological polar surface area (TPSA) is 29.3 Å². The van der Waals surface area contributed by atoms with Crippen molar-refractivity contribution in [3.05, 3.63) is 48.0 Å². The number of nitrogens with two attached hydrogens (primary N) is 1. The molecule has 0 spiro atoms. The maximum atomic E-state index is 6.12. The summed E-state index contributed by atoms with van der Waals surface area (Å²) < 4.78 is 0. The molecule has 120 valence electrons. The molecule has 0 aliphatic carbocycles. The monoisotopic (exact) mass is 318 g/mol. The number of hydrogen-bond donors (Lipinski definition) is 1. The van der Waals surface area contributed by atoms with Gasteiger partial charge in [0.15, 0.2) is 0 Å². The Morgan fingerprint density at radius 1 is 1.09 bits per heavy atom. The number of benzene rings is 2. The van der Waals surface area contributed by atoms with Crippen molar-refractivity contribution < 1.29 is 0 Å². The van der Waals surface area contributed by atoms with Gasteiger partial charge in [-0.05, 0) is 61.6 Å². The lowest BCUT2D eigenvalue weighted by molar-refractivity contribution is 0.121. The Labute approximate surface area is 140 Å². The molecular weight excluding hydrogens is 292 g/mol. The Kier molecular flexibility index (Phi) is 5.85. The van der Waals surface area contributed by atoms with E-state index >= 15 is 0 Å². The van der Waals surface area contributed by atoms with Crippen LogP contribution in [0.25, 0.3) is 10.8 Å². The van der Waals surface area contributed by atoms with E-state index in [9.17, 15) is 0 Å². The van der Waals surface area contributed by atoms with Crippen molar-refractivity contribution >= 4 is 23.2 Å². The molecule has 1 aliphatic rings. The van der Waals surface area contributed by atoms with Gasteiger partial charge in [-0.3, -0.25) is 4.90 Å². The van der Waals surface area contributed by atoms with Gasteiger partial charge in [0, 0.05) is 18.6 Å². The largest absolute Gasteiger partial charge is 0.328 e. The molecule has 2 aromatic rings. The van der Waals surface area contributed by atoms with Crippen LogP contribution in [0.4, 0.5) is 0 Å². The molecule has 1 saturated heterocycles. The van der Waals surface area contributed by atoms with Crippen LogP contribution in [0.1, 0.15) is 38.3 Å². The van der Waals surface area contributed by atoms with Crippen LogP contribution in [-0.4, -0.2) is 24.0 Å². The molecule has 2 aromatic carbocycles. The average Bonchev–Trinajstić information content (AvgIpc) is 2.53. The number of piperidine rings is 1. The van der Waals surface area contributed by atoms with E-state index in [2.05, 4.69) is 61.2 Å². The van der Waals surface area contributed by atoms with E-state index in [1.54, 1.807) is 0 Å². The van der Waals surface area contributed by atoms with Gasteiger partial charge in [0.2, 0.25) is 0 Å². The molecule has 3 heteroatoms. The van der Waals surface area contributed by atoms with E-state index in [1.807, 2.05) is 0 Å². The van der Waals surface area contributed by atoms with Crippen LogP contribution >= 0.6 is 12.4 Å². The molecule has 22 heavy (non-hydrogen) atoms. The summed E-state index contributed by atoms with van der Waals surface area (Å²) in [4.78, 5) is 2.60. The third-order valence-corrected chi connectivity index (χ3v) is 5.04. The molecule has 1 aliphatic heterocycles. The fourth-order valence-corrected chi connectivity index (χ4v) is 3.50. The second-order valence-corrected chi connectivity index (χ2v) is 6.54. The van der Waals surface area contributed by atoms with Gasteiger partial charge in [0.1, 0.15) is 0 Å². The van der Waals surface area contributed by atoms with Crippen LogP contribution in [0.5, 0.6) is 0 Å². The maximum absolute atomic E-state index is 6.12. The van der Waals surface area contributed by atoms with Gasteiger partial charge in [0.05, 0.1) is 0 Å². The molecule has 3 atom stereocenters. The lowest BCUT2D eigenvalue weighted by Gasteiger charge is -2.38. The van der Waals surface area contributed by atoms with Gasteiger partial charge in [-0.2, -0.15) is 0 Å². The lowest BCUT2D eigenvalue weighted by atomic mass is 9.90. The summed E-state index contributed by atoms with van der Waals surface area (Å²) >= 11 is 0. The Bertz CT molecular complexity index is 611. The summed E-state index contributed by atoms with van der Waals surface area (Å²) in [5.41, 5.74) is 7.53. The molecule has 2 N–H and O–H groups in total. The van der Waals surface area contributed by atoms with E-state index in [-0.39, 0.29) is 12.4 Å². The zero-order chi connectivity index (χ0) is 14.8. The van der Waals surface area contributed by atoms with Crippen molar-refractivity contribution in [1.82, 2.24) is 4.90 Å². The van der Waals surface area contributed by atoms with Crippen LogP contribution in [0, 0.1) is 5.92 Å². The zero-order valence-electron chi connectivity index (χ0n) is 13.5. The molecule has 3 rings (SSSR count). The highest BCUT2D eigenvalue weighted by Crippen LogP contribution is 2.29. The summed E-state index contributed by atoms with van der Waals surface area (Å²) in [5, 5.41) is 2.66. The van der Waals surface area contributed by atoms with E-state index in [4.69, 9.17) is 5.73 Å². The van der Waals surface area contributed by atoms with E-state index < -0.39 is 0 Å². The van der Waals surface area contributed by atoms with E-state index in [0.29, 0.717) is 18.0 Å². The predicted octanol–water partition coefficient (Wildman–Crippen LogP) is 4.38. The number of halogens is 1. The second-order valence-electron chi connectivity index (χ2n) is 6.54. The maximum Gasteiger partial charge on any atom is 0.0320 e. The van der Waals surface area contributed by atoms with Gasteiger partial charge < -0.3 is 5.73 Å². The molecule has 0 saturated carbocycles. The minimum atomic E-state index is 0. The lowest BCUT2D eigenvalue weighted by Crippen LogP contribution is -2.43. The van der Waals surface area contributed by atoms with Gasteiger partial charge in [-0.15, -0.1) is 12.4 Å². The first-order valence-corrected chi connectivity index (χ1v) is 8.13. The Hall–Kier alpha value is -1.09. The smallest absolute Gasteiger partial charge is 0.0320 e. The highest BCUT2D eigenvalue weighted by Gasteiger charge is 2.26. The predicted molar refractivity (Wildman–Crippen MR) is 97.6 cm³/mol.